The van der Waals surface area contributed by atoms with Gasteiger partial charge in [0.05, 0.1) is 0 Å². The van der Waals surface area contributed by atoms with Crippen LogP contribution >= 0.6 is 0 Å². The third-order valence-electron chi connectivity index (χ3n) is 5.06. The Bertz CT molecular complexity index is 947. The molecule has 0 unspecified atom stereocenters. The lowest BCUT2D eigenvalue weighted by atomic mass is 9.84. The van der Waals surface area contributed by atoms with E-state index in [2.05, 4.69) is 75.8 Å². The highest BCUT2D eigenvalue weighted by Crippen LogP contribution is 2.22. The summed E-state index contributed by atoms with van der Waals surface area (Å²) in [5.74, 6) is 1.82. The number of aromatic nitrogens is 3. The second-order valence-corrected chi connectivity index (χ2v) is 7.77. The van der Waals surface area contributed by atoms with Crippen molar-refractivity contribution in [2.45, 2.75) is 39.0 Å². The third-order valence-corrected chi connectivity index (χ3v) is 5.06. The van der Waals surface area contributed by atoms with Gasteiger partial charge >= 0.3 is 0 Å². The van der Waals surface area contributed by atoms with Gasteiger partial charge in [0, 0.05) is 38.2 Å². The van der Waals surface area contributed by atoms with Gasteiger partial charge in [0.15, 0.2) is 11.8 Å². The van der Waals surface area contributed by atoms with Crippen LogP contribution in [-0.2, 0) is 18.3 Å². The van der Waals surface area contributed by atoms with E-state index in [9.17, 15) is 0 Å². The van der Waals surface area contributed by atoms with Crippen molar-refractivity contribution in [1.29, 1.82) is 0 Å². The maximum atomic E-state index is 5.29. The number of hydrogen-bond donors (Lipinski definition) is 2. The molecule has 0 aliphatic heterocycles. The predicted octanol–water partition coefficient (Wildman–Crippen LogP) is 3.38. The number of hydrogen-bond acceptors (Lipinski definition) is 5. The van der Waals surface area contributed by atoms with Gasteiger partial charge in [-0.15, -0.1) is 0 Å². The second kappa shape index (κ2) is 10.0. The van der Waals surface area contributed by atoms with Crippen LogP contribution in [0.5, 0.6) is 0 Å². The number of aliphatic imine (C=N–C) groups is 1. The number of pyridine rings is 1. The first-order chi connectivity index (χ1) is 14.5. The summed E-state index contributed by atoms with van der Waals surface area (Å²) < 4.78 is 5.29. The Morgan fingerprint density at radius 2 is 1.90 bits per heavy atom. The summed E-state index contributed by atoms with van der Waals surface area (Å²) in [5.41, 5.74) is 3.31. The minimum atomic E-state index is -0.0187. The van der Waals surface area contributed by atoms with Crippen LogP contribution < -0.4 is 10.6 Å². The van der Waals surface area contributed by atoms with Crippen LogP contribution in [0.2, 0.25) is 0 Å². The Kier molecular flexibility index (Phi) is 7.17. The Hall–Kier alpha value is -3.22. The summed E-state index contributed by atoms with van der Waals surface area (Å²) >= 11 is 0. The van der Waals surface area contributed by atoms with Crippen molar-refractivity contribution >= 4 is 5.96 Å². The summed E-state index contributed by atoms with van der Waals surface area (Å²) in [5, 5.41) is 10.8. The number of rotatable bonds is 8. The fraction of sp³-hybridized carbons (Fsp3) is 0.391. The zero-order valence-electron chi connectivity index (χ0n) is 18.1. The van der Waals surface area contributed by atoms with Gasteiger partial charge < -0.3 is 15.2 Å². The van der Waals surface area contributed by atoms with E-state index in [4.69, 9.17) is 4.52 Å². The summed E-state index contributed by atoms with van der Waals surface area (Å²) in [6.07, 6.45) is 3.38. The van der Waals surface area contributed by atoms with Crippen molar-refractivity contribution in [2.24, 2.45) is 4.99 Å². The van der Waals surface area contributed by atoms with Gasteiger partial charge in [0.1, 0.15) is 5.69 Å². The van der Waals surface area contributed by atoms with Gasteiger partial charge in [0.25, 0.3) is 5.89 Å². The molecule has 3 rings (SSSR count). The quantitative estimate of drug-likeness (QED) is 0.440. The number of nitrogens with one attached hydrogen (secondary N) is 2. The van der Waals surface area contributed by atoms with Crippen LogP contribution in [0.4, 0.5) is 0 Å². The van der Waals surface area contributed by atoms with Crippen molar-refractivity contribution in [2.75, 3.05) is 20.1 Å². The predicted molar refractivity (Wildman–Crippen MR) is 119 cm³/mol. The van der Waals surface area contributed by atoms with Crippen LogP contribution in [-0.4, -0.2) is 41.2 Å². The Morgan fingerprint density at radius 1 is 1.10 bits per heavy atom. The number of benzene rings is 1. The highest BCUT2D eigenvalue weighted by molar-refractivity contribution is 5.79. The van der Waals surface area contributed by atoms with Crippen molar-refractivity contribution in [1.82, 2.24) is 25.8 Å². The van der Waals surface area contributed by atoms with E-state index in [1.807, 2.05) is 18.2 Å². The van der Waals surface area contributed by atoms with Gasteiger partial charge in [-0.2, -0.15) is 4.98 Å². The second-order valence-electron chi connectivity index (χ2n) is 7.77. The minimum absolute atomic E-state index is 0.0187. The molecule has 3 aromatic rings. The van der Waals surface area contributed by atoms with Crippen molar-refractivity contribution in [3.63, 3.8) is 0 Å². The smallest absolute Gasteiger partial charge is 0.276 e. The molecule has 0 fully saturated rings. The standard InChI is InChI=1S/C23H30N6O/c1-5-17-9-11-18(12-10-17)23(2,3)16-27-22(24-4)26-15-13-20-28-21(30-29-20)19-8-6-7-14-25-19/h6-12,14H,5,13,15-16H2,1-4H3,(H2,24,26,27). The maximum Gasteiger partial charge on any atom is 0.276 e. The molecule has 2 heterocycles. The van der Waals surface area contributed by atoms with Gasteiger partial charge in [-0.1, -0.05) is 56.3 Å². The molecule has 2 N–H and O–H groups in total. The molecule has 7 heteroatoms. The topological polar surface area (TPSA) is 88.2 Å². The molecule has 1 aromatic carbocycles. The Balaban J connectivity index is 1.48. The molecule has 30 heavy (non-hydrogen) atoms. The molecule has 158 valence electrons. The molecular formula is C23H30N6O. The Morgan fingerprint density at radius 3 is 2.57 bits per heavy atom. The molecule has 2 aromatic heterocycles. The van der Waals surface area contributed by atoms with Gasteiger partial charge in [0.2, 0.25) is 0 Å². The summed E-state index contributed by atoms with van der Waals surface area (Å²) in [7, 11) is 1.77. The highest BCUT2D eigenvalue weighted by Gasteiger charge is 2.21. The summed E-state index contributed by atoms with van der Waals surface area (Å²) in [4.78, 5) is 12.9. The SMILES string of the molecule is CCc1ccc(C(C)(C)CNC(=NC)NCCc2noc(-c3ccccn3)n2)cc1. The first kappa shape index (κ1) is 21.5. The number of nitrogens with zero attached hydrogens (tertiary/aromatic N) is 4. The van der Waals surface area contributed by atoms with Crippen LogP contribution in [0.15, 0.2) is 58.2 Å². The van der Waals surface area contributed by atoms with E-state index in [1.54, 1.807) is 13.2 Å². The van der Waals surface area contributed by atoms with Crippen LogP contribution in [0.1, 0.15) is 37.7 Å². The fourth-order valence-corrected chi connectivity index (χ4v) is 3.06. The molecule has 0 aliphatic carbocycles. The summed E-state index contributed by atoms with van der Waals surface area (Å²) in [6.45, 7) is 8.04. The average Bonchev–Trinajstić information content (AvgIpc) is 3.25. The number of guanidine groups is 1. The van der Waals surface area contributed by atoms with Gasteiger partial charge in [-0.05, 0) is 29.7 Å². The van der Waals surface area contributed by atoms with Gasteiger partial charge in [-0.25, -0.2) is 0 Å². The molecule has 0 aliphatic rings. The molecule has 0 saturated carbocycles. The number of aryl methyl sites for hydroxylation is 1. The molecule has 0 bridgehead atoms. The molecule has 0 atom stereocenters. The lowest BCUT2D eigenvalue weighted by Crippen LogP contribution is -2.44. The van der Waals surface area contributed by atoms with Crippen LogP contribution in [0.3, 0.4) is 0 Å². The van der Waals surface area contributed by atoms with Crippen LogP contribution in [0.25, 0.3) is 11.6 Å². The fourth-order valence-electron chi connectivity index (χ4n) is 3.06. The molecule has 7 nitrogen and oxygen atoms in total. The van der Waals surface area contributed by atoms with Crippen LogP contribution in [0, 0.1) is 0 Å². The molecule has 0 spiro atoms. The molecule has 0 saturated heterocycles. The van der Waals surface area contributed by atoms with Crippen molar-refractivity contribution in [3.05, 3.63) is 65.6 Å². The first-order valence-electron chi connectivity index (χ1n) is 10.3. The lowest BCUT2D eigenvalue weighted by molar-refractivity contribution is 0.421. The Labute approximate surface area is 178 Å². The molecular weight excluding hydrogens is 376 g/mol. The van der Waals surface area contributed by atoms with Crippen molar-refractivity contribution < 1.29 is 4.52 Å². The van der Waals surface area contributed by atoms with E-state index in [-0.39, 0.29) is 5.41 Å². The van der Waals surface area contributed by atoms with E-state index in [0.29, 0.717) is 30.4 Å². The van der Waals surface area contributed by atoms with E-state index in [0.717, 1.165) is 18.9 Å². The minimum Gasteiger partial charge on any atom is -0.356 e. The molecule has 0 amide bonds. The lowest BCUT2D eigenvalue weighted by Gasteiger charge is -2.27. The van der Waals surface area contributed by atoms with E-state index in [1.165, 1.54) is 11.1 Å². The zero-order chi connectivity index (χ0) is 21.4. The normalized spacial score (nSPS) is 12.1. The average molecular weight is 407 g/mol. The van der Waals surface area contributed by atoms with Crippen molar-refractivity contribution in [3.8, 4) is 11.6 Å². The largest absolute Gasteiger partial charge is 0.356 e. The zero-order valence-corrected chi connectivity index (χ0v) is 18.1. The molecule has 0 radical (unpaired) electrons. The van der Waals surface area contributed by atoms with Gasteiger partial charge in [-0.3, -0.25) is 9.98 Å². The summed E-state index contributed by atoms with van der Waals surface area (Å²) in [6, 6.07) is 14.4. The monoisotopic (exact) mass is 406 g/mol. The van der Waals surface area contributed by atoms with E-state index < -0.39 is 0 Å². The van der Waals surface area contributed by atoms with E-state index >= 15 is 0 Å². The first-order valence-corrected chi connectivity index (χ1v) is 10.3. The highest BCUT2D eigenvalue weighted by atomic mass is 16.5. The third kappa shape index (κ3) is 5.65. The maximum absolute atomic E-state index is 5.29.